The topological polar surface area (TPSA) is 124 Å². The second-order valence-corrected chi connectivity index (χ2v) is 8.81. The predicted octanol–water partition coefficient (Wildman–Crippen LogP) is 3.65. The fourth-order valence-electron chi connectivity index (χ4n) is 4.12. The Kier molecular flexibility index (Phi) is 4.70. The Bertz CT molecular complexity index is 1350. The molecule has 5 rings (SSSR count). The Balaban J connectivity index is 1.61. The lowest BCUT2D eigenvalue weighted by molar-refractivity contribution is 0.0713. The maximum Gasteiger partial charge on any atom is 0.123 e. The third-order valence-corrected chi connectivity index (χ3v) is 6.74. The van der Waals surface area contributed by atoms with Crippen LogP contribution in [-0.4, -0.2) is 30.1 Å². The first-order valence-corrected chi connectivity index (χ1v) is 10.6. The molecule has 0 unspecified atom stereocenters. The summed E-state index contributed by atoms with van der Waals surface area (Å²) in [6, 6.07) is 12.3. The molecule has 1 saturated carbocycles. The van der Waals surface area contributed by atoms with E-state index in [0.29, 0.717) is 18.5 Å². The molecule has 1 N–H and O–H groups in total. The van der Waals surface area contributed by atoms with Gasteiger partial charge in [-0.3, -0.25) is 4.98 Å². The number of nitriles is 2. The maximum atomic E-state index is 9.38. The van der Waals surface area contributed by atoms with E-state index in [2.05, 4.69) is 27.2 Å². The summed E-state index contributed by atoms with van der Waals surface area (Å²) in [4.78, 5) is 11.3. The Hall–Kier alpha value is -3.66. The Morgan fingerprint density at radius 3 is 2.84 bits per heavy atom. The first kappa shape index (κ1) is 19.3. The van der Waals surface area contributed by atoms with Gasteiger partial charge in [-0.2, -0.15) is 25.5 Å². The zero-order valence-corrected chi connectivity index (χ0v) is 17.2. The van der Waals surface area contributed by atoms with Crippen LogP contribution in [0.25, 0.3) is 32.7 Å². The molecule has 9 heteroatoms. The van der Waals surface area contributed by atoms with E-state index in [4.69, 9.17) is 5.10 Å². The summed E-state index contributed by atoms with van der Waals surface area (Å²) in [6.45, 7) is -0.0463. The van der Waals surface area contributed by atoms with Crippen molar-refractivity contribution in [2.24, 2.45) is 5.92 Å². The third-order valence-electron chi connectivity index (χ3n) is 5.71. The molecule has 0 amide bonds. The van der Waals surface area contributed by atoms with E-state index in [1.54, 1.807) is 23.4 Å². The molecule has 0 bridgehead atoms. The van der Waals surface area contributed by atoms with Gasteiger partial charge in [0, 0.05) is 28.9 Å². The Morgan fingerprint density at radius 2 is 2.10 bits per heavy atom. The van der Waals surface area contributed by atoms with E-state index < -0.39 is 5.54 Å². The summed E-state index contributed by atoms with van der Waals surface area (Å²) >= 11 is 1.43. The summed E-state index contributed by atoms with van der Waals surface area (Å²) in [5, 5.41) is 38.8. The number of thiazole rings is 1. The van der Waals surface area contributed by atoms with Gasteiger partial charge in [-0.15, -0.1) is 11.3 Å². The van der Waals surface area contributed by atoms with E-state index in [-0.39, 0.29) is 18.9 Å². The van der Waals surface area contributed by atoms with Gasteiger partial charge in [0.25, 0.3) is 0 Å². The maximum absolute atomic E-state index is 9.38. The number of aromatic nitrogens is 5. The quantitative estimate of drug-likeness (QED) is 0.515. The van der Waals surface area contributed by atoms with Crippen molar-refractivity contribution in [3.63, 3.8) is 0 Å². The Morgan fingerprint density at radius 1 is 1.23 bits per heavy atom. The number of benzene rings is 1. The smallest absolute Gasteiger partial charge is 0.123 e. The van der Waals surface area contributed by atoms with Crippen molar-refractivity contribution in [1.29, 1.82) is 10.5 Å². The summed E-state index contributed by atoms with van der Waals surface area (Å²) in [5.74, 6) is -0.0678. The van der Waals surface area contributed by atoms with Crippen LogP contribution in [0.15, 0.2) is 42.9 Å². The van der Waals surface area contributed by atoms with Crippen molar-refractivity contribution >= 4 is 22.2 Å². The minimum Gasteiger partial charge on any atom is -0.391 e. The van der Waals surface area contributed by atoms with Crippen LogP contribution in [0.3, 0.4) is 0 Å². The van der Waals surface area contributed by atoms with Crippen LogP contribution < -0.4 is 0 Å². The van der Waals surface area contributed by atoms with Crippen molar-refractivity contribution < 1.29 is 5.11 Å². The van der Waals surface area contributed by atoms with Gasteiger partial charge in [0.15, 0.2) is 0 Å². The minimum absolute atomic E-state index is 0.0463. The minimum atomic E-state index is -0.523. The van der Waals surface area contributed by atoms with Gasteiger partial charge in [-0.25, -0.2) is 4.98 Å². The molecule has 1 aliphatic rings. The van der Waals surface area contributed by atoms with Crippen LogP contribution in [-0.2, 0) is 12.1 Å². The molecule has 3 aromatic heterocycles. The van der Waals surface area contributed by atoms with Gasteiger partial charge >= 0.3 is 0 Å². The largest absolute Gasteiger partial charge is 0.391 e. The Labute approximate surface area is 182 Å². The second kappa shape index (κ2) is 7.55. The normalized spacial score (nSPS) is 20.2. The SMILES string of the molecule is N#CC[C@]1(n2ncc(-c3cc(-c4ncc(CO)s4)cc4ncccc34)n2)C[C@H](C#N)C1. The van der Waals surface area contributed by atoms with Gasteiger partial charge < -0.3 is 5.11 Å². The fourth-order valence-corrected chi connectivity index (χ4v) is 4.88. The number of aliphatic hydroxyl groups excluding tert-OH is 1. The average molecular weight is 427 g/mol. The zero-order valence-electron chi connectivity index (χ0n) is 16.4. The van der Waals surface area contributed by atoms with Crippen LogP contribution >= 0.6 is 11.3 Å². The summed E-state index contributed by atoms with van der Waals surface area (Å²) < 4.78 is 0. The molecule has 0 radical (unpaired) electrons. The van der Waals surface area contributed by atoms with Crippen molar-refractivity contribution in [3.05, 3.63) is 47.7 Å². The van der Waals surface area contributed by atoms with Crippen molar-refractivity contribution in [3.8, 4) is 34.0 Å². The molecule has 31 heavy (non-hydrogen) atoms. The highest BCUT2D eigenvalue weighted by atomic mass is 32.1. The van der Waals surface area contributed by atoms with Crippen molar-refractivity contribution in [2.75, 3.05) is 0 Å². The first-order valence-electron chi connectivity index (χ1n) is 9.80. The predicted molar refractivity (Wildman–Crippen MR) is 114 cm³/mol. The van der Waals surface area contributed by atoms with Crippen LogP contribution in [0.1, 0.15) is 24.1 Å². The molecule has 8 nitrogen and oxygen atoms in total. The van der Waals surface area contributed by atoms with Gasteiger partial charge in [-0.05, 0) is 31.0 Å². The molecule has 0 atom stereocenters. The molecule has 0 saturated heterocycles. The van der Waals surface area contributed by atoms with Crippen molar-refractivity contribution in [1.82, 2.24) is 25.0 Å². The lowest BCUT2D eigenvalue weighted by atomic mass is 9.68. The number of hydrogen-bond acceptors (Lipinski definition) is 8. The third kappa shape index (κ3) is 3.25. The molecule has 1 aromatic carbocycles. The van der Waals surface area contributed by atoms with E-state index in [9.17, 15) is 15.6 Å². The monoisotopic (exact) mass is 427 g/mol. The standard InChI is InChI=1S/C22H17N7OS/c23-4-3-22(8-14(9-22)10-24)29-27-12-20(28-29)18-6-15(21-26-11-16(13-30)31-21)7-19-17(18)2-1-5-25-19/h1-2,5-7,11-12,14,30H,3,8-9,13H2/t14-,22-. The second-order valence-electron chi connectivity index (χ2n) is 7.70. The number of fused-ring (bicyclic) bond motifs is 1. The molecule has 1 aliphatic carbocycles. The van der Waals surface area contributed by atoms with Gasteiger partial charge in [0.1, 0.15) is 10.7 Å². The van der Waals surface area contributed by atoms with E-state index in [0.717, 1.165) is 31.9 Å². The highest BCUT2D eigenvalue weighted by molar-refractivity contribution is 7.15. The van der Waals surface area contributed by atoms with Gasteiger partial charge in [-0.1, -0.05) is 6.07 Å². The van der Waals surface area contributed by atoms with Crippen LogP contribution in [0.4, 0.5) is 0 Å². The lowest BCUT2D eigenvalue weighted by Crippen LogP contribution is -2.47. The van der Waals surface area contributed by atoms with Crippen LogP contribution in [0.5, 0.6) is 0 Å². The highest BCUT2D eigenvalue weighted by Crippen LogP contribution is 2.45. The molecule has 0 spiro atoms. The number of aliphatic hydroxyl groups is 1. The summed E-state index contributed by atoms with van der Waals surface area (Å²) in [5.41, 5.74) is 2.72. The van der Waals surface area contributed by atoms with Crippen molar-refractivity contribution in [2.45, 2.75) is 31.4 Å². The van der Waals surface area contributed by atoms with Crippen LogP contribution in [0, 0.1) is 28.6 Å². The zero-order chi connectivity index (χ0) is 21.4. The molecule has 3 heterocycles. The molecular formula is C22H17N7OS. The molecule has 1 fully saturated rings. The molecule has 4 aromatic rings. The van der Waals surface area contributed by atoms with E-state index in [1.807, 2.05) is 24.3 Å². The number of hydrogen-bond donors (Lipinski definition) is 1. The summed E-state index contributed by atoms with van der Waals surface area (Å²) in [6.07, 6.45) is 6.54. The number of nitrogens with zero attached hydrogens (tertiary/aromatic N) is 7. The van der Waals surface area contributed by atoms with E-state index >= 15 is 0 Å². The van der Waals surface area contributed by atoms with Crippen LogP contribution in [0.2, 0.25) is 0 Å². The molecular weight excluding hydrogens is 410 g/mol. The fraction of sp³-hybridized carbons (Fsp3) is 0.273. The molecule has 0 aliphatic heterocycles. The van der Waals surface area contributed by atoms with Gasteiger partial charge in [0.05, 0.1) is 53.2 Å². The van der Waals surface area contributed by atoms with E-state index in [1.165, 1.54) is 11.3 Å². The number of pyridine rings is 1. The molecule has 152 valence electrons. The lowest BCUT2D eigenvalue weighted by Gasteiger charge is -2.42. The summed E-state index contributed by atoms with van der Waals surface area (Å²) in [7, 11) is 0. The first-order chi connectivity index (χ1) is 15.2. The van der Waals surface area contributed by atoms with Gasteiger partial charge in [0.2, 0.25) is 0 Å². The number of rotatable bonds is 5. The highest BCUT2D eigenvalue weighted by Gasteiger charge is 2.48. The average Bonchev–Trinajstić information content (AvgIpc) is 3.45.